The van der Waals surface area contributed by atoms with Gasteiger partial charge in [-0.15, -0.1) is 0 Å². The van der Waals surface area contributed by atoms with Crippen LogP contribution < -0.4 is 5.73 Å². The molecule has 0 aromatic carbocycles. The first-order valence-corrected chi connectivity index (χ1v) is 6.38. The van der Waals surface area contributed by atoms with Crippen molar-refractivity contribution in [1.82, 2.24) is 9.78 Å². The van der Waals surface area contributed by atoms with E-state index in [1.807, 2.05) is 10.7 Å². The maximum absolute atomic E-state index is 6.02. The van der Waals surface area contributed by atoms with E-state index in [0.29, 0.717) is 5.92 Å². The molecule has 1 fully saturated rings. The lowest BCUT2D eigenvalue weighted by Gasteiger charge is -2.22. The van der Waals surface area contributed by atoms with Crippen LogP contribution >= 0.6 is 0 Å². The standard InChI is InChI=1S/C13H23N3O/c1-13(2,3)11-8-12(14)16(15-11)9-10-4-6-17-7-5-10/h8,10H,4-7,9,14H2,1-3H3. The monoisotopic (exact) mass is 237 g/mol. The fraction of sp³-hybridized carbons (Fsp3) is 0.769. The number of anilines is 1. The fourth-order valence-electron chi connectivity index (χ4n) is 2.12. The minimum Gasteiger partial charge on any atom is -0.384 e. The Bertz CT molecular complexity index is 373. The summed E-state index contributed by atoms with van der Waals surface area (Å²) >= 11 is 0. The van der Waals surface area contributed by atoms with Crippen LogP contribution in [0.5, 0.6) is 0 Å². The van der Waals surface area contributed by atoms with Crippen LogP contribution in [0.2, 0.25) is 0 Å². The van der Waals surface area contributed by atoms with Gasteiger partial charge >= 0.3 is 0 Å². The smallest absolute Gasteiger partial charge is 0.121 e. The molecule has 1 aromatic rings. The average molecular weight is 237 g/mol. The van der Waals surface area contributed by atoms with Crippen LogP contribution in [0.3, 0.4) is 0 Å². The SMILES string of the molecule is CC(C)(C)c1cc(N)n(CC2CCOCC2)n1. The van der Waals surface area contributed by atoms with Crippen LogP contribution in [0.4, 0.5) is 5.82 Å². The Morgan fingerprint density at radius 3 is 2.59 bits per heavy atom. The average Bonchev–Trinajstić information content (AvgIpc) is 2.62. The van der Waals surface area contributed by atoms with Crippen molar-refractivity contribution in [3.8, 4) is 0 Å². The summed E-state index contributed by atoms with van der Waals surface area (Å²) in [5, 5.41) is 4.63. The Balaban J connectivity index is 2.07. The maximum atomic E-state index is 6.02. The van der Waals surface area contributed by atoms with Crippen molar-refractivity contribution in [1.29, 1.82) is 0 Å². The molecule has 2 N–H and O–H groups in total. The van der Waals surface area contributed by atoms with Gasteiger partial charge in [0.2, 0.25) is 0 Å². The fourth-order valence-corrected chi connectivity index (χ4v) is 2.12. The number of hydrogen-bond donors (Lipinski definition) is 1. The van der Waals surface area contributed by atoms with Crippen LogP contribution in [0.25, 0.3) is 0 Å². The van der Waals surface area contributed by atoms with Gasteiger partial charge in [0.1, 0.15) is 5.82 Å². The molecular weight excluding hydrogens is 214 g/mol. The van der Waals surface area contributed by atoms with Gasteiger partial charge in [-0.05, 0) is 18.8 Å². The molecule has 0 amide bonds. The van der Waals surface area contributed by atoms with Gasteiger partial charge in [-0.2, -0.15) is 5.10 Å². The van der Waals surface area contributed by atoms with Crippen molar-refractivity contribution in [3.63, 3.8) is 0 Å². The van der Waals surface area contributed by atoms with E-state index >= 15 is 0 Å². The number of nitrogen functional groups attached to an aromatic ring is 1. The molecule has 2 rings (SSSR count). The van der Waals surface area contributed by atoms with Gasteiger partial charge in [-0.3, -0.25) is 0 Å². The van der Waals surface area contributed by atoms with Crippen LogP contribution in [0, 0.1) is 5.92 Å². The zero-order valence-electron chi connectivity index (χ0n) is 11.1. The first-order chi connectivity index (χ1) is 7.97. The molecule has 2 heterocycles. The van der Waals surface area contributed by atoms with Gasteiger partial charge in [-0.1, -0.05) is 20.8 Å². The largest absolute Gasteiger partial charge is 0.384 e. The van der Waals surface area contributed by atoms with Crippen LogP contribution in [-0.2, 0) is 16.7 Å². The summed E-state index contributed by atoms with van der Waals surface area (Å²) in [6.45, 7) is 9.15. The van der Waals surface area contributed by atoms with E-state index in [9.17, 15) is 0 Å². The minimum absolute atomic E-state index is 0.0645. The molecule has 1 aromatic heterocycles. The summed E-state index contributed by atoms with van der Waals surface area (Å²) in [5.74, 6) is 1.43. The van der Waals surface area contributed by atoms with E-state index in [1.165, 1.54) is 0 Å². The molecule has 4 heteroatoms. The van der Waals surface area contributed by atoms with Gasteiger partial charge in [0.25, 0.3) is 0 Å². The molecule has 0 radical (unpaired) electrons. The topological polar surface area (TPSA) is 53.1 Å². The van der Waals surface area contributed by atoms with Crippen molar-refractivity contribution in [2.75, 3.05) is 18.9 Å². The van der Waals surface area contributed by atoms with Crippen LogP contribution in [0.15, 0.2) is 6.07 Å². The van der Waals surface area contributed by atoms with Gasteiger partial charge in [-0.25, -0.2) is 4.68 Å². The lowest BCUT2D eigenvalue weighted by molar-refractivity contribution is 0.0603. The predicted molar refractivity (Wildman–Crippen MR) is 68.9 cm³/mol. The molecule has 0 spiro atoms. The van der Waals surface area contributed by atoms with E-state index in [1.54, 1.807) is 0 Å². The molecule has 1 saturated heterocycles. The quantitative estimate of drug-likeness (QED) is 0.857. The van der Waals surface area contributed by atoms with E-state index in [4.69, 9.17) is 10.5 Å². The Hall–Kier alpha value is -1.03. The summed E-state index contributed by atoms with van der Waals surface area (Å²) in [6.07, 6.45) is 2.23. The number of nitrogens with zero attached hydrogens (tertiary/aromatic N) is 2. The third-order valence-corrected chi connectivity index (χ3v) is 3.35. The third-order valence-electron chi connectivity index (χ3n) is 3.35. The number of rotatable bonds is 2. The Kier molecular flexibility index (Phi) is 3.43. The molecule has 0 atom stereocenters. The molecule has 0 saturated carbocycles. The first-order valence-electron chi connectivity index (χ1n) is 6.38. The van der Waals surface area contributed by atoms with E-state index < -0.39 is 0 Å². The lowest BCUT2D eigenvalue weighted by Crippen LogP contribution is -2.22. The van der Waals surface area contributed by atoms with Crippen molar-refractivity contribution in [3.05, 3.63) is 11.8 Å². The van der Waals surface area contributed by atoms with E-state index in [2.05, 4.69) is 25.9 Å². The van der Waals surface area contributed by atoms with Gasteiger partial charge < -0.3 is 10.5 Å². The molecular formula is C13H23N3O. The number of ether oxygens (including phenoxy) is 1. The van der Waals surface area contributed by atoms with E-state index in [0.717, 1.165) is 44.1 Å². The highest BCUT2D eigenvalue weighted by Crippen LogP contribution is 2.24. The second kappa shape index (κ2) is 4.69. The Morgan fingerprint density at radius 1 is 1.41 bits per heavy atom. The summed E-state index contributed by atoms with van der Waals surface area (Å²) in [4.78, 5) is 0. The summed E-state index contributed by atoms with van der Waals surface area (Å²) in [6, 6.07) is 2.00. The molecule has 1 aliphatic heterocycles. The van der Waals surface area contributed by atoms with Crippen molar-refractivity contribution in [2.45, 2.75) is 45.6 Å². The van der Waals surface area contributed by atoms with Gasteiger partial charge in [0, 0.05) is 31.2 Å². The normalized spacial score (nSPS) is 18.5. The Morgan fingerprint density at radius 2 is 2.06 bits per heavy atom. The predicted octanol–water partition coefficient (Wildman–Crippen LogP) is 2.19. The van der Waals surface area contributed by atoms with Crippen LogP contribution in [0.1, 0.15) is 39.3 Å². The number of hydrogen-bond acceptors (Lipinski definition) is 3. The van der Waals surface area contributed by atoms with Gasteiger partial charge in [0.05, 0.1) is 5.69 Å². The molecule has 0 unspecified atom stereocenters. The highest BCUT2D eigenvalue weighted by atomic mass is 16.5. The summed E-state index contributed by atoms with van der Waals surface area (Å²) < 4.78 is 7.32. The molecule has 1 aliphatic rings. The molecule has 96 valence electrons. The second-order valence-electron chi connectivity index (χ2n) is 5.94. The molecule has 17 heavy (non-hydrogen) atoms. The zero-order chi connectivity index (χ0) is 12.5. The molecule has 0 bridgehead atoms. The zero-order valence-corrected chi connectivity index (χ0v) is 11.1. The van der Waals surface area contributed by atoms with E-state index in [-0.39, 0.29) is 5.41 Å². The van der Waals surface area contributed by atoms with Crippen molar-refractivity contribution in [2.24, 2.45) is 5.92 Å². The maximum Gasteiger partial charge on any atom is 0.121 e. The molecule has 4 nitrogen and oxygen atoms in total. The summed E-state index contributed by atoms with van der Waals surface area (Å²) in [5.41, 5.74) is 7.16. The highest BCUT2D eigenvalue weighted by Gasteiger charge is 2.21. The molecule has 0 aliphatic carbocycles. The first kappa shape index (κ1) is 12.4. The second-order valence-corrected chi connectivity index (χ2v) is 5.94. The highest BCUT2D eigenvalue weighted by molar-refractivity contribution is 5.33. The van der Waals surface area contributed by atoms with Crippen molar-refractivity contribution >= 4 is 5.82 Å². The van der Waals surface area contributed by atoms with Gasteiger partial charge in [0.15, 0.2) is 0 Å². The van der Waals surface area contributed by atoms with Crippen molar-refractivity contribution < 1.29 is 4.74 Å². The minimum atomic E-state index is 0.0645. The van der Waals surface area contributed by atoms with Crippen LogP contribution in [-0.4, -0.2) is 23.0 Å². The lowest BCUT2D eigenvalue weighted by atomic mass is 9.92. The number of aromatic nitrogens is 2. The summed E-state index contributed by atoms with van der Waals surface area (Å²) in [7, 11) is 0. The third kappa shape index (κ3) is 3.00. The number of nitrogens with two attached hydrogens (primary N) is 1. The Labute approximate surface area is 103 Å².